The quantitative estimate of drug-likeness (QED) is 0.868. The van der Waals surface area contributed by atoms with Crippen molar-refractivity contribution in [1.82, 2.24) is 0 Å². The topological polar surface area (TPSA) is 35.2 Å². The van der Waals surface area contributed by atoms with E-state index in [2.05, 4.69) is 15.9 Å². The van der Waals surface area contributed by atoms with E-state index in [0.717, 1.165) is 15.7 Å². The van der Waals surface area contributed by atoms with Gasteiger partial charge in [-0.1, -0.05) is 15.9 Å². The van der Waals surface area contributed by atoms with Gasteiger partial charge in [-0.2, -0.15) is 0 Å². The Kier molecular flexibility index (Phi) is 3.87. The molecule has 0 fully saturated rings. The molecule has 2 rings (SSSR count). The maximum Gasteiger partial charge on any atom is 0.129 e. The second-order valence-corrected chi connectivity index (χ2v) is 4.96. The van der Waals surface area contributed by atoms with Gasteiger partial charge in [0.25, 0.3) is 0 Å². The summed E-state index contributed by atoms with van der Waals surface area (Å²) in [6.07, 6.45) is 0. The Morgan fingerprint density at radius 2 is 2.00 bits per heavy atom. The van der Waals surface area contributed by atoms with Gasteiger partial charge in [0.1, 0.15) is 18.2 Å². The fraction of sp³-hybridized carbons (Fsp3) is 0.143. The smallest absolute Gasteiger partial charge is 0.129 e. The number of anilines is 1. The van der Waals surface area contributed by atoms with Crippen LogP contribution in [0.3, 0.4) is 0 Å². The monoisotopic (exact) mass is 309 g/mol. The fourth-order valence-corrected chi connectivity index (χ4v) is 1.96. The normalized spacial score (nSPS) is 10.4. The van der Waals surface area contributed by atoms with E-state index in [4.69, 9.17) is 10.5 Å². The first-order valence-corrected chi connectivity index (χ1v) is 6.28. The predicted molar refractivity (Wildman–Crippen MR) is 74.0 cm³/mol. The van der Waals surface area contributed by atoms with E-state index >= 15 is 0 Å². The Morgan fingerprint density at radius 3 is 2.72 bits per heavy atom. The third-order valence-corrected chi connectivity index (χ3v) is 3.14. The summed E-state index contributed by atoms with van der Waals surface area (Å²) in [5.74, 6) is 0.409. The van der Waals surface area contributed by atoms with E-state index in [1.807, 2.05) is 13.0 Å². The largest absolute Gasteiger partial charge is 0.489 e. The molecule has 0 saturated heterocycles. The molecule has 18 heavy (non-hydrogen) atoms. The molecule has 0 amide bonds. The minimum atomic E-state index is -0.273. The molecule has 4 heteroatoms. The van der Waals surface area contributed by atoms with Gasteiger partial charge in [0.15, 0.2) is 0 Å². The number of rotatable bonds is 3. The van der Waals surface area contributed by atoms with Crippen LogP contribution in [0.5, 0.6) is 5.75 Å². The van der Waals surface area contributed by atoms with Gasteiger partial charge in [0, 0.05) is 15.7 Å². The van der Waals surface area contributed by atoms with E-state index in [-0.39, 0.29) is 12.4 Å². The highest BCUT2D eigenvalue weighted by Crippen LogP contribution is 2.21. The number of aryl methyl sites for hydroxylation is 1. The summed E-state index contributed by atoms with van der Waals surface area (Å²) in [7, 11) is 0. The second kappa shape index (κ2) is 5.40. The lowest BCUT2D eigenvalue weighted by Crippen LogP contribution is -1.99. The minimum Gasteiger partial charge on any atom is -0.489 e. The van der Waals surface area contributed by atoms with Crippen molar-refractivity contribution in [3.8, 4) is 5.75 Å². The molecule has 0 unspecified atom stereocenters. The molecule has 0 aliphatic rings. The zero-order chi connectivity index (χ0) is 13.1. The summed E-state index contributed by atoms with van der Waals surface area (Å²) in [6.45, 7) is 2.09. The predicted octanol–water partition coefficient (Wildman–Crippen LogP) is 4.06. The molecule has 2 N–H and O–H groups in total. The van der Waals surface area contributed by atoms with Crippen LogP contribution in [0.4, 0.5) is 10.1 Å². The molecule has 94 valence electrons. The van der Waals surface area contributed by atoms with Crippen molar-refractivity contribution in [2.45, 2.75) is 13.5 Å². The van der Waals surface area contributed by atoms with Crippen molar-refractivity contribution in [2.75, 3.05) is 5.73 Å². The zero-order valence-electron chi connectivity index (χ0n) is 9.91. The molecular formula is C14H13BrFNO. The van der Waals surface area contributed by atoms with Crippen LogP contribution in [0.25, 0.3) is 0 Å². The van der Waals surface area contributed by atoms with Crippen molar-refractivity contribution in [3.63, 3.8) is 0 Å². The summed E-state index contributed by atoms with van der Waals surface area (Å²) in [5.41, 5.74) is 7.90. The lowest BCUT2D eigenvalue weighted by Gasteiger charge is -2.09. The second-order valence-electron chi connectivity index (χ2n) is 4.04. The average Bonchev–Trinajstić information content (AvgIpc) is 2.34. The van der Waals surface area contributed by atoms with Crippen LogP contribution in [0.1, 0.15) is 11.1 Å². The van der Waals surface area contributed by atoms with E-state index in [1.54, 1.807) is 24.3 Å². The van der Waals surface area contributed by atoms with Gasteiger partial charge in [-0.25, -0.2) is 4.39 Å². The van der Waals surface area contributed by atoms with Crippen LogP contribution in [0.15, 0.2) is 40.9 Å². The molecule has 0 aliphatic heterocycles. The minimum absolute atomic E-state index is 0.189. The van der Waals surface area contributed by atoms with Crippen LogP contribution in [-0.4, -0.2) is 0 Å². The van der Waals surface area contributed by atoms with Crippen molar-refractivity contribution in [3.05, 3.63) is 57.8 Å². The molecule has 0 aliphatic carbocycles. The third-order valence-electron chi connectivity index (χ3n) is 2.64. The fourth-order valence-electron chi connectivity index (χ4n) is 1.55. The van der Waals surface area contributed by atoms with Crippen LogP contribution in [-0.2, 0) is 6.61 Å². The van der Waals surface area contributed by atoms with Gasteiger partial charge in [-0.05, 0) is 48.9 Å². The van der Waals surface area contributed by atoms with Crippen molar-refractivity contribution >= 4 is 21.6 Å². The molecular weight excluding hydrogens is 297 g/mol. The van der Waals surface area contributed by atoms with Gasteiger partial charge >= 0.3 is 0 Å². The molecule has 0 aromatic heterocycles. The van der Waals surface area contributed by atoms with Crippen molar-refractivity contribution < 1.29 is 9.13 Å². The highest BCUT2D eigenvalue weighted by molar-refractivity contribution is 9.10. The molecule has 2 aromatic rings. The summed E-state index contributed by atoms with van der Waals surface area (Å²) in [4.78, 5) is 0. The number of nitrogens with two attached hydrogens (primary N) is 1. The summed E-state index contributed by atoms with van der Waals surface area (Å²) in [6, 6.07) is 10.2. The molecule has 0 saturated carbocycles. The standard InChI is InChI=1S/C14H13BrFNO/c1-9-6-12(3-5-14(9)17)18-8-10-7-11(15)2-4-13(10)16/h2-7H,8,17H2,1H3. The molecule has 0 spiro atoms. The Labute approximate surface area is 114 Å². The number of hydrogen-bond acceptors (Lipinski definition) is 2. The number of nitrogen functional groups attached to an aromatic ring is 1. The van der Waals surface area contributed by atoms with E-state index in [1.165, 1.54) is 6.07 Å². The summed E-state index contributed by atoms with van der Waals surface area (Å²) in [5, 5.41) is 0. The molecule has 2 nitrogen and oxygen atoms in total. The van der Waals surface area contributed by atoms with Gasteiger partial charge in [-0.3, -0.25) is 0 Å². The first-order chi connectivity index (χ1) is 8.56. The SMILES string of the molecule is Cc1cc(OCc2cc(Br)ccc2F)ccc1N. The zero-order valence-corrected chi connectivity index (χ0v) is 11.5. The molecule has 2 aromatic carbocycles. The first kappa shape index (κ1) is 12.9. The Bertz CT molecular complexity index is 572. The maximum atomic E-state index is 13.5. The number of ether oxygens (including phenoxy) is 1. The van der Waals surface area contributed by atoms with Crippen molar-refractivity contribution in [1.29, 1.82) is 0 Å². The van der Waals surface area contributed by atoms with E-state index in [9.17, 15) is 4.39 Å². The van der Waals surface area contributed by atoms with Gasteiger partial charge in [0.05, 0.1) is 0 Å². The van der Waals surface area contributed by atoms with E-state index < -0.39 is 0 Å². The average molecular weight is 310 g/mol. The lowest BCUT2D eigenvalue weighted by atomic mass is 10.2. The molecule has 0 heterocycles. The van der Waals surface area contributed by atoms with Crippen LogP contribution >= 0.6 is 15.9 Å². The number of hydrogen-bond donors (Lipinski definition) is 1. The lowest BCUT2D eigenvalue weighted by molar-refractivity contribution is 0.299. The Morgan fingerprint density at radius 1 is 1.22 bits per heavy atom. The number of halogens is 2. The molecule has 0 bridgehead atoms. The van der Waals surface area contributed by atoms with Crippen LogP contribution in [0, 0.1) is 12.7 Å². The third kappa shape index (κ3) is 3.01. The Hall–Kier alpha value is -1.55. The van der Waals surface area contributed by atoms with E-state index in [0.29, 0.717) is 11.3 Å². The highest BCUT2D eigenvalue weighted by Gasteiger charge is 2.04. The first-order valence-electron chi connectivity index (χ1n) is 5.49. The Balaban J connectivity index is 2.11. The van der Waals surface area contributed by atoms with Crippen LogP contribution in [0.2, 0.25) is 0 Å². The molecule has 0 radical (unpaired) electrons. The maximum absolute atomic E-state index is 13.5. The summed E-state index contributed by atoms with van der Waals surface area (Å²) >= 11 is 3.30. The van der Waals surface area contributed by atoms with Gasteiger partial charge in [-0.15, -0.1) is 0 Å². The summed E-state index contributed by atoms with van der Waals surface area (Å²) < 4.78 is 19.9. The molecule has 0 atom stereocenters. The highest BCUT2D eigenvalue weighted by atomic mass is 79.9. The van der Waals surface area contributed by atoms with Gasteiger partial charge in [0.2, 0.25) is 0 Å². The number of benzene rings is 2. The van der Waals surface area contributed by atoms with Crippen LogP contribution < -0.4 is 10.5 Å². The van der Waals surface area contributed by atoms with Gasteiger partial charge < -0.3 is 10.5 Å². The van der Waals surface area contributed by atoms with Crippen molar-refractivity contribution in [2.24, 2.45) is 0 Å².